The lowest BCUT2D eigenvalue weighted by Gasteiger charge is -2.34. The Hall–Kier alpha value is -4.19. The van der Waals surface area contributed by atoms with E-state index < -0.39 is 0 Å². The van der Waals surface area contributed by atoms with Crippen molar-refractivity contribution >= 4 is 17.5 Å². The van der Waals surface area contributed by atoms with Gasteiger partial charge in [0, 0.05) is 74.6 Å². The monoisotopic (exact) mass is 735 g/mol. The Morgan fingerprint density at radius 2 is 1.09 bits per heavy atom. The fourth-order valence-electron chi connectivity index (χ4n) is 8.12. The van der Waals surface area contributed by atoms with Crippen molar-refractivity contribution < 1.29 is 9.59 Å². The summed E-state index contributed by atoms with van der Waals surface area (Å²) < 4.78 is 0. The summed E-state index contributed by atoms with van der Waals surface area (Å²) in [6.45, 7) is 17.3. The van der Waals surface area contributed by atoms with Crippen LogP contribution in [0, 0.1) is 11.8 Å². The molecule has 0 unspecified atom stereocenters. The first-order valence-corrected chi connectivity index (χ1v) is 20.8. The van der Waals surface area contributed by atoms with Crippen molar-refractivity contribution in [1.29, 1.82) is 0 Å². The van der Waals surface area contributed by atoms with Gasteiger partial charge in [0.1, 0.15) is 11.4 Å². The number of nitrogens with zero attached hydrogens (tertiary/aromatic N) is 4. The molecule has 0 bridgehead atoms. The van der Waals surface area contributed by atoms with Crippen molar-refractivity contribution in [3.63, 3.8) is 0 Å². The molecule has 0 saturated heterocycles. The Kier molecular flexibility index (Phi) is 16.6. The smallest absolute Gasteiger partial charge is 0.272 e. The van der Waals surface area contributed by atoms with Crippen LogP contribution in [-0.2, 0) is 5.41 Å². The van der Waals surface area contributed by atoms with Crippen LogP contribution in [0.3, 0.4) is 0 Å². The van der Waals surface area contributed by atoms with Crippen LogP contribution in [0.15, 0.2) is 48.5 Å². The summed E-state index contributed by atoms with van der Waals surface area (Å²) in [5, 5.41) is 0. The van der Waals surface area contributed by atoms with Crippen LogP contribution in [0.2, 0.25) is 0 Å². The number of nitrogens with two attached hydrogens (primary N) is 2. The standard InChI is InChI=1S/C46H66N6O2/c1-7-13-15-17-25-46(26-18-16-14-8-2)40-31-35(21-23-38(40)39-24-22-37(34-41(39)46)52(29-27-47)30-28-48)19-20-36-32-42(44(53)50(9-3)10-4)49-43(33-36)45(54)51(11-5)12-6/h21-24,31-34H,7-18,25-30,47-48H2,1-6H3. The van der Waals surface area contributed by atoms with Crippen molar-refractivity contribution in [3.8, 4) is 23.0 Å². The molecule has 2 aromatic carbocycles. The van der Waals surface area contributed by atoms with Crippen LogP contribution in [-0.4, -0.2) is 79.0 Å². The Morgan fingerprint density at radius 3 is 1.57 bits per heavy atom. The first kappa shape index (κ1) is 42.6. The molecule has 0 radical (unpaired) electrons. The zero-order chi connectivity index (χ0) is 39.1. The third-order valence-electron chi connectivity index (χ3n) is 11.1. The van der Waals surface area contributed by atoms with E-state index in [0.29, 0.717) is 44.8 Å². The van der Waals surface area contributed by atoms with Gasteiger partial charge in [-0.2, -0.15) is 0 Å². The van der Waals surface area contributed by atoms with Crippen LogP contribution in [0.25, 0.3) is 11.1 Å². The van der Waals surface area contributed by atoms with E-state index in [4.69, 9.17) is 11.5 Å². The summed E-state index contributed by atoms with van der Waals surface area (Å²) in [5.41, 5.74) is 20.6. The minimum absolute atomic E-state index is 0.125. The number of fused-ring (bicyclic) bond motifs is 3. The molecule has 1 heterocycles. The molecular weight excluding hydrogens is 669 g/mol. The molecule has 4 N–H and O–H groups in total. The van der Waals surface area contributed by atoms with Gasteiger partial charge in [-0.15, -0.1) is 0 Å². The highest BCUT2D eigenvalue weighted by Crippen LogP contribution is 2.55. The third kappa shape index (κ3) is 9.91. The molecule has 0 fully saturated rings. The molecule has 292 valence electrons. The van der Waals surface area contributed by atoms with E-state index in [-0.39, 0.29) is 28.6 Å². The minimum Gasteiger partial charge on any atom is -0.369 e. The SMILES string of the molecule is CCCCCCC1(CCCCCC)c2cc(C#Cc3cc(C(=O)N(CC)CC)nc(C(=O)N(CC)CC)c3)ccc2-c2ccc(N(CCN)CCN)cc21. The van der Waals surface area contributed by atoms with Gasteiger partial charge in [-0.3, -0.25) is 9.59 Å². The zero-order valence-corrected chi connectivity index (χ0v) is 34.1. The highest BCUT2D eigenvalue weighted by atomic mass is 16.2. The van der Waals surface area contributed by atoms with Gasteiger partial charge in [-0.1, -0.05) is 89.2 Å². The van der Waals surface area contributed by atoms with Gasteiger partial charge in [0.05, 0.1) is 0 Å². The average molecular weight is 735 g/mol. The minimum atomic E-state index is -0.195. The van der Waals surface area contributed by atoms with E-state index >= 15 is 0 Å². The number of unbranched alkanes of at least 4 members (excludes halogenated alkanes) is 6. The van der Waals surface area contributed by atoms with Crippen LogP contribution in [0.1, 0.15) is 149 Å². The maximum atomic E-state index is 13.5. The Bertz CT molecular complexity index is 1690. The van der Waals surface area contributed by atoms with Crippen molar-refractivity contribution in [2.45, 2.75) is 111 Å². The number of carbonyl (C=O) groups excluding carboxylic acids is 2. The van der Waals surface area contributed by atoms with Gasteiger partial charge in [0.15, 0.2) is 0 Å². The van der Waals surface area contributed by atoms with Crippen molar-refractivity contribution in [2.75, 3.05) is 57.3 Å². The number of hydrogen-bond donors (Lipinski definition) is 2. The Labute approximate surface area is 326 Å². The van der Waals surface area contributed by atoms with Gasteiger partial charge in [0.25, 0.3) is 11.8 Å². The third-order valence-corrected chi connectivity index (χ3v) is 11.1. The topological polar surface area (TPSA) is 109 Å². The second-order valence-electron chi connectivity index (χ2n) is 14.6. The van der Waals surface area contributed by atoms with Crippen LogP contribution in [0.4, 0.5) is 5.69 Å². The molecule has 8 heteroatoms. The van der Waals surface area contributed by atoms with E-state index in [9.17, 15) is 9.59 Å². The van der Waals surface area contributed by atoms with Gasteiger partial charge < -0.3 is 26.2 Å². The molecule has 1 aliphatic carbocycles. The molecule has 0 saturated carbocycles. The molecule has 54 heavy (non-hydrogen) atoms. The molecule has 1 aliphatic rings. The largest absolute Gasteiger partial charge is 0.369 e. The van der Waals surface area contributed by atoms with Gasteiger partial charge >= 0.3 is 0 Å². The first-order valence-electron chi connectivity index (χ1n) is 20.8. The summed E-state index contributed by atoms with van der Waals surface area (Å²) in [7, 11) is 0. The lowest BCUT2D eigenvalue weighted by Crippen LogP contribution is -2.34. The highest BCUT2D eigenvalue weighted by molar-refractivity contribution is 5.97. The second-order valence-corrected chi connectivity index (χ2v) is 14.6. The first-order chi connectivity index (χ1) is 26.2. The summed E-state index contributed by atoms with van der Waals surface area (Å²) in [6, 6.07) is 17.2. The number of carbonyl (C=O) groups is 2. The number of benzene rings is 2. The lowest BCUT2D eigenvalue weighted by atomic mass is 9.70. The number of hydrogen-bond acceptors (Lipinski definition) is 6. The Morgan fingerprint density at radius 1 is 0.611 bits per heavy atom. The second kappa shape index (κ2) is 21.0. The highest BCUT2D eigenvalue weighted by Gasteiger charge is 2.42. The normalized spacial score (nSPS) is 12.4. The molecule has 3 aromatic rings. The van der Waals surface area contributed by atoms with E-state index in [0.717, 1.165) is 31.5 Å². The van der Waals surface area contributed by atoms with Crippen molar-refractivity contribution in [3.05, 3.63) is 82.2 Å². The fraction of sp³-hybridized carbons (Fsp3) is 0.543. The predicted molar refractivity (Wildman–Crippen MR) is 225 cm³/mol. The predicted octanol–water partition coefficient (Wildman–Crippen LogP) is 8.38. The maximum Gasteiger partial charge on any atom is 0.272 e. The Balaban J connectivity index is 1.86. The van der Waals surface area contributed by atoms with E-state index in [1.807, 2.05) is 27.7 Å². The molecule has 2 amide bonds. The molecule has 1 aromatic heterocycles. The van der Waals surface area contributed by atoms with Crippen molar-refractivity contribution in [1.82, 2.24) is 14.8 Å². The molecular formula is C46H66N6O2. The van der Waals surface area contributed by atoms with Crippen LogP contribution < -0.4 is 16.4 Å². The quantitative estimate of drug-likeness (QED) is 0.0841. The van der Waals surface area contributed by atoms with E-state index in [1.54, 1.807) is 21.9 Å². The van der Waals surface area contributed by atoms with Crippen LogP contribution >= 0.6 is 0 Å². The number of aromatic nitrogens is 1. The number of amides is 2. The number of rotatable bonds is 21. The number of anilines is 1. The molecule has 0 atom stereocenters. The molecule has 0 spiro atoms. The molecule has 4 rings (SSSR count). The van der Waals surface area contributed by atoms with Gasteiger partial charge in [-0.05, 0) is 99.2 Å². The maximum absolute atomic E-state index is 13.5. The van der Waals surface area contributed by atoms with E-state index in [2.05, 4.69) is 72.0 Å². The summed E-state index contributed by atoms with van der Waals surface area (Å²) in [5.74, 6) is 6.42. The fourth-order valence-corrected chi connectivity index (χ4v) is 8.12. The van der Waals surface area contributed by atoms with Crippen LogP contribution in [0.5, 0.6) is 0 Å². The van der Waals surface area contributed by atoms with Crippen molar-refractivity contribution in [2.24, 2.45) is 11.5 Å². The van der Waals surface area contributed by atoms with Gasteiger partial charge in [0.2, 0.25) is 0 Å². The molecule has 8 nitrogen and oxygen atoms in total. The summed E-state index contributed by atoms with van der Waals surface area (Å²) in [4.78, 5) is 37.3. The lowest BCUT2D eigenvalue weighted by molar-refractivity contribution is 0.0760. The molecule has 0 aliphatic heterocycles. The summed E-state index contributed by atoms with van der Waals surface area (Å²) >= 11 is 0. The average Bonchev–Trinajstić information content (AvgIpc) is 3.46. The van der Waals surface area contributed by atoms with Gasteiger partial charge in [-0.25, -0.2) is 4.98 Å². The van der Waals surface area contributed by atoms with E-state index in [1.165, 1.54) is 79.3 Å². The number of pyridine rings is 1. The zero-order valence-electron chi connectivity index (χ0n) is 34.1. The summed E-state index contributed by atoms with van der Waals surface area (Å²) in [6.07, 6.45) is 11.8.